The number of hydrogen-bond acceptors (Lipinski definition) is 1. The van der Waals surface area contributed by atoms with Crippen LogP contribution in [-0.4, -0.2) is 26.1 Å². The van der Waals surface area contributed by atoms with E-state index in [-0.39, 0.29) is 0 Å². The summed E-state index contributed by atoms with van der Waals surface area (Å²) in [7, 11) is 1.82. The van der Waals surface area contributed by atoms with Crippen LogP contribution in [0.2, 0.25) is 0 Å². The Bertz CT molecular complexity index is 285. The van der Waals surface area contributed by atoms with Gasteiger partial charge in [0.15, 0.2) is 5.96 Å². The number of guanidine groups is 1. The van der Waals surface area contributed by atoms with Crippen LogP contribution in [0.15, 0.2) is 17.6 Å². The van der Waals surface area contributed by atoms with Gasteiger partial charge in [-0.3, -0.25) is 4.99 Å². The van der Waals surface area contributed by atoms with Gasteiger partial charge in [-0.25, -0.2) is 0 Å². The van der Waals surface area contributed by atoms with Gasteiger partial charge in [0.05, 0.1) is 0 Å². The summed E-state index contributed by atoms with van der Waals surface area (Å²) in [5, 5.41) is 6.58. The zero-order chi connectivity index (χ0) is 12.1. The molecule has 0 spiro atoms. The van der Waals surface area contributed by atoms with Gasteiger partial charge in [-0.2, -0.15) is 0 Å². The molecule has 0 radical (unpaired) electrons. The van der Waals surface area contributed by atoms with E-state index in [4.69, 9.17) is 0 Å². The Labute approximate surface area is 105 Å². The zero-order valence-corrected chi connectivity index (χ0v) is 10.9. The number of aliphatic imine (C=N–C) groups is 1. The van der Waals surface area contributed by atoms with Gasteiger partial charge in [0.25, 0.3) is 0 Å². The predicted molar refractivity (Wildman–Crippen MR) is 73.1 cm³/mol. The Hall–Kier alpha value is -0.990. The summed E-state index contributed by atoms with van der Waals surface area (Å²) >= 11 is 0. The lowest BCUT2D eigenvalue weighted by molar-refractivity contribution is 0.315. The molecule has 3 unspecified atom stereocenters. The molecule has 2 aliphatic carbocycles. The molecule has 0 amide bonds. The van der Waals surface area contributed by atoms with Crippen LogP contribution in [0.3, 0.4) is 0 Å². The molecule has 3 atom stereocenters. The monoisotopic (exact) mass is 235 g/mol. The van der Waals surface area contributed by atoms with Crippen LogP contribution in [0, 0.1) is 17.8 Å². The minimum Gasteiger partial charge on any atom is -0.356 e. The molecule has 0 aromatic carbocycles. The van der Waals surface area contributed by atoms with Crippen molar-refractivity contribution in [2.75, 3.05) is 20.1 Å². The summed E-state index contributed by atoms with van der Waals surface area (Å²) in [5.41, 5.74) is 0. The van der Waals surface area contributed by atoms with E-state index in [9.17, 15) is 0 Å². The summed E-state index contributed by atoms with van der Waals surface area (Å²) in [6.07, 6.45) is 9.12. The molecule has 96 valence electrons. The van der Waals surface area contributed by atoms with Crippen LogP contribution in [0.25, 0.3) is 0 Å². The summed E-state index contributed by atoms with van der Waals surface area (Å²) in [6, 6.07) is 0. The minimum atomic E-state index is 0.772. The lowest BCUT2D eigenvalue weighted by atomic mass is 9.86. The van der Waals surface area contributed by atoms with Crippen LogP contribution in [0.5, 0.6) is 0 Å². The largest absolute Gasteiger partial charge is 0.356 e. The van der Waals surface area contributed by atoms with Gasteiger partial charge in [-0.05, 0) is 43.4 Å². The first-order chi connectivity index (χ1) is 8.33. The topological polar surface area (TPSA) is 36.4 Å². The molecule has 3 heteroatoms. The summed E-state index contributed by atoms with van der Waals surface area (Å²) < 4.78 is 0. The van der Waals surface area contributed by atoms with E-state index in [1.807, 2.05) is 13.1 Å². The fourth-order valence-corrected chi connectivity index (χ4v) is 3.50. The molecule has 2 saturated carbocycles. The molecule has 2 rings (SSSR count). The second-order valence-electron chi connectivity index (χ2n) is 5.39. The maximum Gasteiger partial charge on any atom is 0.191 e. The molecule has 2 aliphatic rings. The lowest BCUT2D eigenvalue weighted by Crippen LogP contribution is -2.38. The van der Waals surface area contributed by atoms with E-state index in [0.29, 0.717) is 0 Å². The second-order valence-corrected chi connectivity index (χ2v) is 5.39. The van der Waals surface area contributed by atoms with E-state index in [1.54, 1.807) is 0 Å². The molecule has 2 fully saturated rings. The first-order valence-corrected chi connectivity index (χ1v) is 6.89. The van der Waals surface area contributed by atoms with E-state index in [2.05, 4.69) is 22.2 Å². The van der Waals surface area contributed by atoms with Crippen molar-refractivity contribution in [1.82, 2.24) is 10.6 Å². The number of nitrogens with zero attached hydrogens (tertiary/aromatic N) is 1. The molecule has 0 saturated heterocycles. The first kappa shape index (κ1) is 12.5. The van der Waals surface area contributed by atoms with E-state index in [1.165, 1.54) is 32.1 Å². The summed E-state index contributed by atoms with van der Waals surface area (Å²) in [4.78, 5) is 4.18. The van der Waals surface area contributed by atoms with E-state index < -0.39 is 0 Å². The lowest BCUT2D eigenvalue weighted by Gasteiger charge is -2.22. The van der Waals surface area contributed by atoms with Crippen molar-refractivity contribution in [2.45, 2.75) is 32.1 Å². The van der Waals surface area contributed by atoms with Gasteiger partial charge in [0, 0.05) is 20.1 Å². The third-order valence-corrected chi connectivity index (χ3v) is 4.33. The average molecular weight is 235 g/mol. The highest BCUT2D eigenvalue weighted by Gasteiger charge is 2.38. The normalized spacial score (nSPS) is 31.6. The van der Waals surface area contributed by atoms with Gasteiger partial charge >= 0.3 is 0 Å². The molecular weight excluding hydrogens is 210 g/mol. The highest BCUT2D eigenvalue weighted by Crippen LogP contribution is 2.49. The molecule has 2 N–H and O–H groups in total. The molecule has 0 heterocycles. The van der Waals surface area contributed by atoms with E-state index >= 15 is 0 Å². The Morgan fingerprint density at radius 2 is 2.24 bits per heavy atom. The molecule has 17 heavy (non-hydrogen) atoms. The number of rotatable bonds is 5. The van der Waals surface area contributed by atoms with Gasteiger partial charge in [0.2, 0.25) is 0 Å². The summed E-state index contributed by atoms with van der Waals surface area (Å²) in [6.45, 7) is 5.51. The van der Waals surface area contributed by atoms with Crippen molar-refractivity contribution in [3.63, 3.8) is 0 Å². The van der Waals surface area contributed by atoms with Crippen molar-refractivity contribution in [1.29, 1.82) is 0 Å². The van der Waals surface area contributed by atoms with Crippen molar-refractivity contribution in [3.05, 3.63) is 12.7 Å². The molecule has 0 aliphatic heterocycles. The van der Waals surface area contributed by atoms with Crippen LogP contribution >= 0.6 is 0 Å². The third-order valence-electron chi connectivity index (χ3n) is 4.33. The SMILES string of the molecule is C=CCNC(=NC)NCCC1CC2CCC1C2. The zero-order valence-electron chi connectivity index (χ0n) is 10.9. The minimum absolute atomic E-state index is 0.772. The molecule has 0 aromatic rings. The van der Waals surface area contributed by atoms with Gasteiger partial charge in [0.1, 0.15) is 0 Å². The maximum absolute atomic E-state index is 4.18. The average Bonchev–Trinajstić information content (AvgIpc) is 2.95. The first-order valence-electron chi connectivity index (χ1n) is 6.89. The van der Waals surface area contributed by atoms with Crippen molar-refractivity contribution in [3.8, 4) is 0 Å². The number of fused-ring (bicyclic) bond motifs is 2. The van der Waals surface area contributed by atoms with Gasteiger partial charge < -0.3 is 10.6 Å². The molecule has 3 nitrogen and oxygen atoms in total. The Kier molecular flexibility index (Phi) is 4.46. The summed E-state index contributed by atoms with van der Waals surface area (Å²) in [5.74, 6) is 3.96. The Morgan fingerprint density at radius 1 is 1.35 bits per heavy atom. The molecule has 0 aromatic heterocycles. The van der Waals surface area contributed by atoms with Gasteiger partial charge in [-0.15, -0.1) is 6.58 Å². The fraction of sp³-hybridized carbons (Fsp3) is 0.786. The van der Waals surface area contributed by atoms with Crippen molar-refractivity contribution < 1.29 is 0 Å². The molecule has 2 bridgehead atoms. The smallest absolute Gasteiger partial charge is 0.191 e. The van der Waals surface area contributed by atoms with Crippen LogP contribution in [-0.2, 0) is 0 Å². The maximum atomic E-state index is 4.18. The second kappa shape index (κ2) is 6.08. The van der Waals surface area contributed by atoms with Crippen molar-refractivity contribution in [2.24, 2.45) is 22.7 Å². The van der Waals surface area contributed by atoms with E-state index in [0.717, 1.165) is 36.8 Å². The van der Waals surface area contributed by atoms with Crippen molar-refractivity contribution >= 4 is 5.96 Å². The molecular formula is C14H25N3. The quantitative estimate of drug-likeness (QED) is 0.435. The highest BCUT2D eigenvalue weighted by atomic mass is 15.2. The van der Waals surface area contributed by atoms with Crippen LogP contribution in [0.4, 0.5) is 0 Å². The highest BCUT2D eigenvalue weighted by molar-refractivity contribution is 5.79. The Balaban J connectivity index is 1.63. The predicted octanol–water partition coefficient (Wildman–Crippen LogP) is 2.16. The van der Waals surface area contributed by atoms with Gasteiger partial charge in [-0.1, -0.05) is 12.5 Å². The fourth-order valence-electron chi connectivity index (χ4n) is 3.50. The van der Waals surface area contributed by atoms with Crippen LogP contribution in [0.1, 0.15) is 32.1 Å². The number of hydrogen-bond donors (Lipinski definition) is 2. The number of nitrogens with one attached hydrogen (secondary N) is 2. The Morgan fingerprint density at radius 3 is 2.82 bits per heavy atom. The van der Waals surface area contributed by atoms with Crippen LogP contribution < -0.4 is 10.6 Å². The standard InChI is InChI=1S/C14H25N3/c1-3-7-16-14(15-2)17-8-6-13-10-11-4-5-12(13)9-11/h3,11-13H,1,4-10H2,2H3,(H2,15,16,17). The third kappa shape index (κ3) is 3.24.